The monoisotopic (exact) mass is 147 g/mol. The molecule has 0 aromatic rings. The number of aliphatic hydroxyl groups is 1. The van der Waals surface area contributed by atoms with Crippen molar-refractivity contribution in [1.82, 2.24) is 0 Å². The average Bonchev–Trinajstić information content (AvgIpc) is 1.65. The average molecular weight is 147 g/mol. The second-order valence-corrected chi connectivity index (χ2v) is 2.88. The summed E-state index contributed by atoms with van der Waals surface area (Å²) < 4.78 is 0.587. The molecule has 2 N–H and O–H groups in total. The highest BCUT2D eigenvalue weighted by Gasteiger charge is 2.18. The molecule has 0 amide bonds. The zero-order valence-corrected chi connectivity index (χ0v) is 6.91. The van der Waals surface area contributed by atoms with Crippen molar-refractivity contribution in [2.45, 2.75) is 13.2 Å². The fourth-order valence-corrected chi connectivity index (χ4v) is 0.485. The Hall–Kier alpha value is -0.380. The van der Waals surface area contributed by atoms with Crippen LogP contribution in [0.15, 0.2) is 12.7 Å². The van der Waals surface area contributed by atoms with Gasteiger partial charge in [0.15, 0.2) is 6.23 Å². The maximum atomic E-state index is 9.14. The van der Waals surface area contributed by atoms with Crippen LogP contribution in [0.25, 0.3) is 0 Å². The Balaban J connectivity index is 0. The molecule has 0 aromatic heterocycles. The maximum absolute atomic E-state index is 9.14. The Morgan fingerprint density at radius 2 is 2.00 bits per heavy atom. The maximum Gasteiger partial charge on any atom is 0.187 e. The van der Waals surface area contributed by atoms with Crippen LogP contribution >= 0.6 is 0 Å². The van der Waals surface area contributed by atoms with E-state index in [0.29, 0.717) is 4.48 Å². The summed E-state index contributed by atoms with van der Waals surface area (Å²) in [5, 5.41) is 9.14. The van der Waals surface area contributed by atoms with Crippen LogP contribution in [0, 0.1) is 0 Å². The summed E-state index contributed by atoms with van der Waals surface area (Å²) in [6.45, 7) is 6.19. The molecule has 0 aromatic carbocycles. The van der Waals surface area contributed by atoms with Crippen LogP contribution < -0.4 is 0 Å². The molecule has 0 saturated carbocycles. The molecule has 3 heteroatoms. The number of likely N-dealkylation sites (N-methyl/N-ethyl adjacent to an activating group) is 1. The van der Waals surface area contributed by atoms with Gasteiger partial charge in [-0.2, -0.15) is 0 Å². The van der Waals surface area contributed by atoms with Crippen LogP contribution in [0.4, 0.5) is 0 Å². The quantitative estimate of drug-likeness (QED) is 0.357. The molecule has 0 spiro atoms. The minimum atomic E-state index is -0.317. The molecule has 0 bridgehead atoms. The number of quaternary nitrogens is 1. The van der Waals surface area contributed by atoms with Crippen molar-refractivity contribution < 1.29 is 15.1 Å². The van der Waals surface area contributed by atoms with E-state index in [-0.39, 0.29) is 11.7 Å². The zero-order valence-electron chi connectivity index (χ0n) is 6.91. The molecular formula is C7H17NO2. The molecule has 0 rings (SSSR count). The number of hydrogen-bond donors (Lipinski definition) is 1. The van der Waals surface area contributed by atoms with Crippen LogP contribution in [0.2, 0.25) is 0 Å². The minimum absolute atomic E-state index is 0. The van der Waals surface area contributed by atoms with Gasteiger partial charge in [-0.1, -0.05) is 6.58 Å². The summed E-state index contributed by atoms with van der Waals surface area (Å²) in [5.74, 6) is 0. The van der Waals surface area contributed by atoms with E-state index in [1.165, 1.54) is 0 Å². The lowest BCUT2D eigenvalue weighted by Crippen LogP contribution is -2.47. The molecule has 0 aliphatic carbocycles. The van der Waals surface area contributed by atoms with Gasteiger partial charge >= 0.3 is 0 Å². The Kier molecular flexibility index (Phi) is 5.46. The first-order valence-corrected chi connectivity index (χ1v) is 3.12. The van der Waals surface area contributed by atoms with Gasteiger partial charge in [-0.05, 0) is 6.08 Å². The van der Waals surface area contributed by atoms with E-state index >= 15 is 0 Å². The molecule has 0 aliphatic rings. The Morgan fingerprint density at radius 3 is 2.10 bits per heavy atom. The first-order chi connectivity index (χ1) is 4.00. The van der Waals surface area contributed by atoms with Gasteiger partial charge in [0.2, 0.25) is 0 Å². The number of rotatable bonds is 3. The van der Waals surface area contributed by atoms with Gasteiger partial charge in [0.05, 0.1) is 20.6 Å². The SMILES string of the molecule is C=CC[N+](C)(C)C(C)O.[OH-]. The van der Waals surface area contributed by atoms with E-state index in [1.807, 2.05) is 20.2 Å². The second kappa shape index (κ2) is 4.44. The fraction of sp³-hybridized carbons (Fsp3) is 0.714. The number of aliphatic hydroxyl groups excluding tert-OH is 1. The summed E-state index contributed by atoms with van der Waals surface area (Å²) >= 11 is 0. The largest absolute Gasteiger partial charge is 0.870 e. The standard InChI is InChI=1S/C7H16NO.H2O/c1-5-6-8(3,4)7(2)9;/h5,7,9H,1,6H2,2-4H3;1H2/q+1;/p-1. The number of hydrogen-bond acceptors (Lipinski definition) is 2. The van der Waals surface area contributed by atoms with Crippen molar-refractivity contribution in [3.05, 3.63) is 12.7 Å². The first-order valence-electron chi connectivity index (χ1n) is 3.12. The molecule has 1 unspecified atom stereocenters. The van der Waals surface area contributed by atoms with Gasteiger partial charge in [-0.25, -0.2) is 0 Å². The zero-order chi connectivity index (χ0) is 7.49. The van der Waals surface area contributed by atoms with Gasteiger partial charge in [0, 0.05) is 6.92 Å². The minimum Gasteiger partial charge on any atom is -0.870 e. The molecule has 0 radical (unpaired) electrons. The number of nitrogens with zero attached hydrogens (tertiary/aromatic N) is 1. The van der Waals surface area contributed by atoms with Gasteiger partial charge in [0.25, 0.3) is 0 Å². The highest BCUT2D eigenvalue weighted by molar-refractivity contribution is 4.64. The molecule has 10 heavy (non-hydrogen) atoms. The van der Waals surface area contributed by atoms with E-state index in [9.17, 15) is 0 Å². The Bertz CT molecular complexity index is 99.8. The van der Waals surface area contributed by atoms with Crippen molar-refractivity contribution in [2.75, 3.05) is 20.6 Å². The molecule has 0 aliphatic heterocycles. The van der Waals surface area contributed by atoms with Crippen LogP contribution in [0.3, 0.4) is 0 Å². The predicted octanol–water partition coefficient (Wildman–Crippen LogP) is 0.410. The lowest BCUT2D eigenvalue weighted by atomic mass is 10.4. The fourth-order valence-electron chi connectivity index (χ4n) is 0.485. The van der Waals surface area contributed by atoms with Gasteiger partial charge in [-0.15, -0.1) is 0 Å². The lowest BCUT2D eigenvalue weighted by Gasteiger charge is -2.31. The third-order valence-electron chi connectivity index (χ3n) is 1.61. The highest BCUT2D eigenvalue weighted by atomic mass is 16.3. The highest BCUT2D eigenvalue weighted by Crippen LogP contribution is 2.01. The van der Waals surface area contributed by atoms with Crippen LogP contribution in [0.1, 0.15) is 6.92 Å². The van der Waals surface area contributed by atoms with Crippen molar-refractivity contribution in [3.8, 4) is 0 Å². The van der Waals surface area contributed by atoms with E-state index in [1.54, 1.807) is 6.92 Å². The summed E-state index contributed by atoms with van der Waals surface area (Å²) in [6, 6.07) is 0. The summed E-state index contributed by atoms with van der Waals surface area (Å²) in [5.41, 5.74) is 0. The Morgan fingerprint density at radius 1 is 1.60 bits per heavy atom. The molecule has 3 nitrogen and oxygen atoms in total. The van der Waals surface area contributed by atoms with Gasteiger partial charge < -0.3 is 15.1 Å². The summed E-state index contributed by atoms with van der Waals surface area (Å²) in [7, 11) is 3.93. The van der Waals surface area contributed by atoms with Gasteiger partial charge in [-0.3, -0.25) is 0 Å². The summed E-state index contributed by atoms with van der Waals surface area (Å²) in [6.07, 6.45) is 1.50. The summed E-state index contributed by atoms with van der Waals surface area (Å²) in [4.78, 5) is 0. The van der Waals surface area contributed by atoms with Crippen LogP contribution in [-0.4, -0.2) is 41.9 Å². The van der Waals surface area contributed by atoms with Crippen molar-refractivity contribution in [3.63, 3.8) is 0 Å². The lowest BCUT2D eigenvalue weighted by molar-refractivity contribution is -0.929. The molecule has 0 fully saturated rings. The molecule has 0 heterocycles. The van der Waals surface area contributed by atoms with E-state index in [0.717, 1.165) is 6.54 Å². The van der Waals surface area contributed by atoms with E-state index < -0.39 is 0 Å². The molecule has 1 atom stereocenters. The van der Waals surface area contributed by atoms with Crippen LogP contribution in [0.5, 0.6) is 0 Å². The predicted molar refractivity (Wildman–Crippen MR) is 40.8 cm³/mol. The first kappa shape index (κ1) is 12.3. The smallest absolute Gasteiger partial charge is 0.187 e. The molecule has 0 saturated heterocycles. The third kappa shape index (κ3) is 3.61. The topological polar surface area (TPSA) is 50.2 Å². The van der Waals surface area contributed by atoms with E-state index in [4.69, 9.17) is 5.11 Å². The third-order valence-corrected chi connectivity index (χ3v) is 1.61. The molecular weight excluding hydrogens is 130 g/mol. The van der Waals surface area contributed by atoms with Crippen molar-refractivity contribution >= 4 is 0 Å². The van der Waals surface area contributed by atoms with E-state index in [2.05, 4.69) is 6.58 Å². The normalized spacial score (nSPS) is 13.6. The van der Waals surface area contributed by atoms with Crippen molar-refractivity contribution in [2.24, 2.45) is 0 Å². The van der Waals surface area contributed by atoms with Crippen molar-refractivity contribution in [1.29, 1.82) is 0 Å². The van der Waals surface area contributed by atoms with Crippen LogP contribution in [-0.2, 0) is 0 Å². The molecule has 62 valence electrons. The second-order valence-electron chi connectivity index (χ2n) is 2.88. The van der Waals surface area contributed by atoms with Gasteiger partial charge in [0.1, 0.15) is 0 Å². The Labute approximate surface area is 62.5 Å².